The van der Waals surface area contributed by atoms with Gasteiger partial charge in [-0.25, -0.2) is 0 Å². The van der Waals surface area contributed by atoms with Crippen molar-refractivity contribution >= 4 is 12.0 Å². The van der Waals surface area contributed by atoms with Crippen molar-refractivity contribution in [2.24, 2.45) is 0 Å². The largest absolute Gasteiger partial charge is 0.346 e. The van der Waals surface area contributed by atoms with Gasteiger partial charge < -0.3 is 5.32 Å². The highest BCUT2D eigenvalue weighted by Gasteiger charge is 2.06. The second-order valence-corrected chi connectivity index (χ2v) is 4.89. The lowest BCUT2D eigenvalue weighted by Gasteiger charge is -2.12. The Bertz CT molecular complexity index is 602. The Morgan fingerprint density at radius 1 is 1.10 bits per heavy atom. The maximum absolute atomic E-state index is 11.9. The Balaban J connectivity index is 1.96. The molecule has 0 aliphatic heterocycles. The van der Waals surface area contributed by atoms with Crippen molar-refractivity contribution in [1.29, 1.82) is 0 Å². The van der Waals surface area contributed by atoms with E-state index in [1.54, 1.807) is 6.08 Å². The topological polar surface area (TPSA) is 29.1 Å². The molecule has 2 nitrogen and oxygen atoms in total. The molecular formula is C18H19NO. The van der Waals surface area contributed by atoms with Crippen LogP contribution in [0.2, 0.25) is 0 Å². The minimum atomic E-state index is -0.0807. The molecule has 0 aliphatic rings. The Morgan fingerprint density at radius 2 is 1.85 bits per heavy atom. The summed E-state index contributed by atoms with van der Waals surface area (Å²) in [5.41, 5.74) is 3.32. The van der Waals surface area contributed by atoms with E-state index in [1.807, 2.05) is 74.5 Å². The fourth-order valence-corrected chi connectivity index (χ4v) is 2.03. The van der Waals surface area contributed by atoms with Crippen molar-refractivity contribution in [2.45, 2.75) is 19.9 Å². The van der Waals surface area contributed by atoms with Crippen LogP contribution in [0.4, 0.5) is 0 Å². The average molecular weight is 265 g/mol. The van der Waals surface area contributed by atoms with Gasteiger partial charge in [-0.15, -0.1) is 0 Å². The van der Waals surface area contributed by atoms with Gasteiger partial charge in [-0.1, -0.05) is 60.2 Å². The van der Waals surface area contributed by atoms with Crippen LogP contribution in [0.15, 0.2) is 60.7 Å². The van der Waals surface area contributed by atoms with E-state index in [4.69, 9.17) is 0 Å². The number of carbonyl (C=O) groups is 1. The Morgan fingerprint density at radius 3 is 2.55 bits per heavy atom. The normalized spacial score (nSPS) is 12.3. The van der Waals surface area contributed by atoms with Gasteiger partial charge in [-0.05, 0) is 31.1 Å². The molecule has 102 valence electrons. The van der Waals surface area contributed by atoms with Crippen molar-refractivity contribution in [1.82, 2.24) is 5.32 Å². The molecule has 1 amide bonds. The summed E-state index contributed by atoms with van der Waals surface area (Å²) >= 11 is 0. The first-order chi connectivity index (χ1) is 9.65. The molecule has 1 unspecified atom stereocenters. The van der Waals surface area contributed by atoms with Gasteiger partial charge in [0.2, 0.25) is 5.91 Å². The van der Waals surface area contributed by atoms with Crippen LogP contribution in [0.25, 0.3) is 6.08 Å². The molecule has 0 aromatic heterocycles. The lowest BCUT2D eigenvalue weighted by molar-refractivity contribution is -0.117. The molecule has 2 rings (SSSR count). The predicted molar refractivity (Wildman–Crippen MR) is 83.2 cm³/mol. The van der Waals surface area contributed by atoms with E-state index in [2.05, 4.69) is 5.32 Å². The highest BCUT2D eigenvalue weighted by atomic mass is 16.1. The van der Waals surface area contributed by atoms with Crippen LogP contribution < -0.4 is 5.32 Å². The number of carbonyl (C=O) groups excluding carboxylic acids is 1. The first-order valence-electron chi connectivity index (χ1n) is 6.75. The summed E-state index contributed by atoms with van der Waals surface area (Å²) in [4.78, 5) is 11.9. The molecule has 0 bridgehead atoms. The molecule has 0 saturated heterocycles. The van der Waals surface area contributed by atoms with Gasteiger partial charge >= 0.3 is 0 Å². The first kappa shape index (κ1) is 14.1. The second kappa shape index (κ2) is 6.71. The van der Waals surface area contributed by atoms with Crippen LogP contribution >= 0.6 is 0 Å². The molecule has 2 heteroatoms. The van der Waals surface area contributed by atoms with Crippen LogP contribution in [-0.2, 0) is 4.79 Å². The number of amides is 1. The van der Waals surface area contributed by atoms with Gasteiger partial charge in [-0.3, -0.25) is 4.79 Å². The van der Waals surface area contributed by atoms with E-state index in [0.29, 0.717) is 0 Å². The number of rotatable bonds is 4. The third-order valence-electron chi connectivity index (χ3n) is 3.13. The SMILES string of the molecule is Cc1cccc(/C=C/C(=O)NC(C)c2ccccc2)c1. The van der Waals surface area contributed by atoms with Crippen LogP contribution in [0.1, 0.15) is 29.7 Å². The van der Waals surface area contributed by atoms with Gasteiger partial charge in [0.15, 0.2) is 0 Å². The molecule has 0 fully saturated rings. The summed E-state index contributed by atoms with van der Waals surface area (Å²) in [6, 6.07) is 18.0. The molecule has 0 heterocycles. The summed E-state index contributed by atoms with van der Waals surface area (Å²) in [5.74, 6) is -0.0807. The van der Waals surface area contributed by atoms with E-state index in [1.165, 1.54) is 5.56 Å². The summed E-state index contributed by atoms with van der Waals surface area (Å²) in [7, 11) is 0. The molecule has 2 aromatic rings. The molecule has 0 spiro atoms. The zero-order valence-electron chi connectivity index (χ0n) is 11.8. The smallest absolute Gasteiger partial charge is 0.244 e. The predicted octanol–water partition coefficient (Wildman–Crippen LogP) is 3.89. The van der Waals surface area contributed by atoms with Crippen molar-refractivity contribution in [3.63, 3.8) is 0 Å². The van der Waals surface area contributed by atoms with E-state index in [-0.39, 0.29) is 11.9 Å². The van der Waals surface area contributed by atoms with Gasteiger partial charge in [0.1, 0.15) is 0 Å². The van der Waals surface area contributed by atoms with Gasteiger partial charge in [-0.2, -0.15) is 0 Å². The number of hydrogen-bond donors (Lipinski definition) is 1. The number of aryl methyl sites for hydroxylation is 1. The molecule has 2 aromatic carbocycles. The second-order valence-electron chi connectivity index (χ2n) is 4.89. The van der Waals surface area contributed by atoms with Crippen LogP contribution in [-0.4, -0.2) is 5.91 Å². The van der Waals surface area contributed by atoms with E-state index in [0.717, 1.165) is 11.1 Å². The maximum Gasteiger partial charge on any atom is 0.244 e. The molecule has 20 heavy (non-hydrogen) atoms. The lowest BCUT2D eigenvalue weighted by Crippen LogP contribution is -2.24. The Labute approximate surface area is 120 Å². The summed E-state index contributed by atoms with van der Waals surface area (Å²) < 4.78 is 0. The van der Waals surface area contributed by atoms with Gasteiger partial charge in [0.05, 0.1) is 6.04 Å². The Hall–Kier alpha value is -2.35. The molecular weight excluding hydrogens is 246 g/mol. The van der Waals surface area contributed by atoms with Crippen molar-refractivity contribution in [2.75, 3.05) is 0 Å². The Kier molecular flexibility index (Phi) is 4.72. The third-order valence-corrected chi connectivity index (χ3v) is 3.13. The van der Waals surface area contributed by atoms with E-state index < -0.39 is 0 Å². The zero-order chi connectivity index (χ0) is 14.4. The zero-order valence-corrected chi connectivity index (χ0v) is 11.8. The highest BCUT2D eigenvalue weighted by Crippen LogP contribution is 2.11. The number of hydrogen-bond acceptors (Lipinski definition) is 1. The van der Waals surface area contributed by atoms with E-state index in [9.17, 15) is 4.79 Å². The highest BCUT2D eigenvalue weighted by molar-refractivity contribution is 5.91. The molecule has 0 radical (unpaired) electrons. The summed E-state index contributed by atoms with van der Waals surface area (Å²) in [5, 5.41) is 2.96. The minimum absolute atomic E-state index is 0.00543. The molecule has 1 atom stereocenters. The average Bonchev–Trinajstić information content (AvgIpc) is 2.46. The number of nitrogens with one attached hydrogen (secondary N) is 1. The van der Waals surface area contributed by atoms with Crippen LogP contribution in [0.3, 0.4) is 0 Å². The third kappa shape index (κ3) is 4.09. The van der Waals surface area contributed by atoms with Crippen molar-refractivity contribution < 1.29 is 4.79 Å². The van der Waals surface area contributed by atoms with Gasteiger partial charge in [0.25, 0.3) is 0 Å². The van der Waals surface area contributed by atoms with Crippen molar-refractivity contribution in [3.05, 3.63) is 77.4 Å². The van der Waals surface area contributed by atoms with Crippen molar-refractivity contribution in [3.8, 4) is 0 Å². The number of benzene rings is 2. The maximum atomic E-state index is 11.9. The standard InChI is InChI=1S/C18H19NO/c1-14-7-6-8-16(13-14)11-12-18(20)19-15(2)17-9-4-3-5-10-17/h3-13,15H,1-2H3,(H,19,20)/b12-11+. The minimum Gasteiger partial charge on any atom is -0.346 e. The van der Waals surface area contributed by atoms with Crippen LogP contribution in [0, 0.1) is 6.92 Å². The molecule has 1 N–H and O–H groups in total. The lowest BCUT2D eigenvalue weighted by atomic mass is 10.1. The molecule has 0 aliphatic carbocycles. The summed E-state index contributed by atoms with van der Waals surface area (Å²) in [6.45, 7) is 4.02. The monoisotopic (exact) mass is 265 g/mol. The fourth-order valence-electron chi connectivity index (χ4n) is 2.03. The fraction of sp³-hybridized carbons (Fsp3) is 0.167. The van der Waals surface area contributed by atoms with Crippen LogP contribution in [0.5, 0.6) is 0 Å². The molecule has 0 saturated carbocycles. The quantitative estimate of drug-likeness (QED) is 0.835. The van der Waals surface area contributed by atoms with E-state index >= 15 is 0 Å². The first-order valence-corrected chi connectivity index (χ1v) is 6.75. The summed E-state index contributed by atoms with van der Waals surface area (Å²) in [6.07, 6.45) is 3.41. The van der Waals surface area contributed by atoms with Gasteiger partial charge in [0, 0.05) is 6.08 Å².